The highest BCUT2D eigenvalue weighted by atomic mass is 32.1. The van der Waals surface area contributed by atoms with Gasteiger partial charge in [0.2, 0.25) is 0 Å². The molecule has 1 aromatic rings. The second-order valence-corrected chi connectivity index (χ2v) is 6.60. The van der Waals surface area contributed by atoms with E-state index in [0.29, 0.717) is 12.5 Å². The van der Waals surface area contributed by atoms with Gasteiger partial charge in [-0.05, 0) is 30.3 Å². The number of methoxy groups -OCH3 is 1. The molecule has 1 unspecified atom stereocenters. The number of hydrogen-bond acceptors (Lipinski definition) is 4. The minimum atomic E-state index is 0.0127. The first-order chi connectivity index (χ1) is 10.2. The molecule has 5 nitrogen and oxygen atoms in total. The van der Waals surface area contributed by atoms with Crippen molar-refractivity contribution in [2.75, 3.05) is 46.9 Å². The first-order valence-electron chi connectivity index (χ1n) is 7.41. The minimum absolute atomic E-state index is 0.0127. The van der Waals surface area contributed by atoms with E-state index >= 15 is 0 Å². The largest absolute Gasteiger partial charge is 0.383 e. The topological polar surface area (TPSA) is 44.8 Å². The van der Waals surface area contributed by atoms with Crippen LogP contribution >= 0.6 is 11.3 Å². The maximum absolute atomic E-state index is 12.1. The van der Waals surface area contributed by atoms with Gasteiger partial charge in [0.25, 0.3) is 0 Å². The number of carbonyl (C=O) groups is 1. The summed E-state index contributed by atoms with van der Waals surface area (Å²) in [7, 11) is 3.61. The van der Waals surface area contributed by atoms with Gasteiger partial charge in [-0.15, -0.1) is 11.3 Å². The molecule has 21 heavy (non-hydrogen) atoms. The average molecular weight is 311 g/mol. The van der Waals surface area contributed by atoms with Gasteiger partial charge in [0, 0.05) is 38.7 Å². The van der Waals surface area contributed by atoms with E-state index in [-0.39, 0.29) is 6.03 Å². The van der Waals surface area contributed by atoms with E-state index in [1.807, 2.05) is 24.6 Å². The number of thiophene rings is 1. The number of nitrogens with one attached hydrogen (secondary N) is 1. The Hall–Kier alpha value is -1.11. The Labute approximate surface area is 130 Å². The van der Waals surface area contributed by atoms with Crippen molar-refractivity contribution < 1.29 is 9.53 Å². The summed E-state index contributed by atoms with van der Waals surface area (Å²) in [6, 6.07) is 4.05. The quantitative estimate of drug-likeness (QED) is 0.836. The molecular weight excluding hydrogens is 286 g/mol. The van der Waals surface area contributed by atoms with Crippen molar-refractivity contribution >= 4 is 17.4 Å². The van der Waals surface area contributed by atoms with E-state index in [1.54, 1.807) is 23.3 Å². The molecule has 1 atom stereocenters. The smallest absolute Gasteiger partial charge is 0.317 e. The lowest BCUT2D eigenvalue weighted by molar-refractivity contribution is 0.157. The van der Waals surface area contributed by atoms with Gasteiger partial charge in [-0.2, -0.15) is 0 Å². The SMILES string of the molecule is COCCN1CCC(CN(C)C(=O)NCc2cccs2)C1. The molecule has 1 N–H and O–H groups in total. The summed E-state index contributed by atoms with van der Waals surface area (Å²) in [5.41, 5.74) is 0. The fourth-order valence-electron chi connectivity index (χ4n) is 2.67. The van der Waals surface area contributed by atoms with Crippen LogP contribution in [-0.4, -0.2) is 62.8 Å². The third-order valence-corrected chi connectivity index (χ3v) is 4.73. The highest BCUT2D eigenvalue weighted by molar-refractivity contribution is 7.09. The van der Waals surface area contributed by atoms with Gasteiger partial charge in [-0.1, -0.05) is 6.07 Å². The number of amides is 2. The summed E-state index contributed by atoms with van der Waals surface area (Å²) in [4.78, 5) is 17.5. The van der Waals surface area contributed by atoms with E-state index in [4.69, 9.17) is 4.74 Å². The Morgan fingerprint density at radius 1 is 1.62 bits per heavy atom. The molecule has 1 saturated heterocycles. The third-order valence-electron chi connectivity index (χ3n) is 3.85. The van der Waals surface area contributed by atoms with Crippen molar-refractivity contribution in [2.45, 2.75) is 13.0 Å². The molecule has 1 aromatic heterocycles. The number of rotatable bonds is 7. The van der Waals surface area contributed by atoms with Crippen molar-refractivity contribution in [1.82, 2.24) is 15.1 Å². The number of hydrogen-bond donors (Lipinski definition) is 1. The molecule has 0 aliphatic carbocycles. The molecule has 1 aliphatic rings. The van der Waals surface area contributed by atoms with Crippen molar-refractivity contribution in [3.05, 3.63) is 22.4 Å². The molecule has 118 valence electrons. The predicted molar refractivity (Wildman–Crippen MR) is 85.6 cm³/mol. The molecule has 0 bridgehead atoms. The van der Waals surface area contributed by atoms with E-state index in [1.165, 1.54) is 4.88 Å². The van der Waals surface area contributed by atoms with Crippen LogP contribution in [0.15, 0.2) is 17.5 Å². The van der Waals surface area contributed by atoms with E-state index in [9.17, 15) is 4.79 Å². The maximum Gasteiger partial charge on any atom is 0.317 e. The van der Waals surface area contributed by atoms with Crippen molar-refractivity contribution in [3.8, 4) is 0 Å². The normalized spacial score (nSPS) is 18.9. The van der Waals surface area contributed by atoms with E-state index < -0.39 is 0 Å². The van der Waals surface area contributed by atoms with Crippen LogP contribution in [-0.2, 0) is 11.3 Å². The van der Waals surface area contributed by atoms with Gasteiger partial charge in [-0.25, -0.2) is 4.79 Å². The summed E-state index contributed by atoms with van der Waals surface area (Å²) in [5.74, 6) is 0.569. The van der Waals surface area contributed by atoms with Gasteiger partial charge in [0.15, 0.2) is 0 Å². The lowest BCUT2D eigenvalue weighted by Gasteiger charge is -2.22. The van der Waals surface area contributed by atoms with Crippen LogP contribution in [0.3, 0.4) is 0 Å². The summed E-state index contributed by atoms with van der Waals surface area (Å²) < 4.78 is 5.11. The molecule has 0 aromatic carbocycles. The van der Waals surface area contributed by atoms with Crippen LogP contribution in [0, 0.1) is 5.92 Å². The highest BCUT2D eigenvalue weighted by Crippen LogP contribution is 2.16. The molecule has 1 aliphatic heterocycles. The van der Waals surface area contributed by atoms with Crippen molar-refractivity contribution in [1.29, 1.82) is 0 Å². The third kappa shape index (κ3) is 5.30. The zero-order valence-electron chi connectivity index (χ0n) is 12.9. The number of likely N-dealkylation sites (tertiary alicyclic amines) is 1. The molecule has 2 heterocycles. The highest BCUT2D eigenvalue weighted by Gasteiger charge is 2.24. The predicted octanol–water partition coefficient (Wildman–Crippen LogP) is 1.86. The van der Waals surface area contributed by atoms with Crippen LogP contribution in [0.5, 0.6) is 0 Å². The molecule has 1 fully saturated rings. The summed E-state index contributed by atoms with van der Waals surface area (Å²) in [6.07, 6.45) is 1.16. The maximum atomic E-state index is 12.1. The molecule has 0 saturated carbocycles. The van der Waals surface area contributed by atoms with Crippen LogP contribution in [0.4, 0.5) is 4.79 Å². The lowest BCUT2D eigenvalue weighted by Crippen LogP contribution is -2.40. The fourth-order valence-corrected chi connectivity index (χ4v) is 3.31. The van der Waals surface area contributed by atoms with Gasteiger partial charge < -0.3 is 19.9 Å². The fraction of sp³-hybridized carbons (Fsp3) is 0.667. The Bertz CT molecular complexity index is 425. The van der Waals surface area contributed by atoms with Gasteiger partial charge in [0.05, 0.1) is 13.2 Å². The van der Waals surface area contributed by atoms with E-state index in [2.05, 4.69) is 10.2 Å². The van der Waals surface area contributed by atoms with Crippen molar-refractivity contribution in [2.24, 2.45) is 5.92 Å². The van der Waals surface area contributed by atoms with Crippen molar-refractivity contribution in [3.63, 3.8) is 0 Å². The lowest BCUT2D eigenvalue weighted by atomic mass is 10.1. The van der Waals surface area contributed by atoms with Crippen LogP contribution < -0.4 is 5.32 Å². The second-order valence-electron chi connectivity index (χ2n) is 5.57. The summed E-state index contributed by atoms with van der Waals surface area (Å²) in [6.45, 7) is 5.38. The molecule has 0 spiro atoms. The number of urea groups is 1. The number of carbonyl (C=O) groups excluding carboxylic acids is 1. The Morgan fingerprint density at radius 3 is 3.19 bits per heavy atom. The molecule has 2 amide bonds. The van der Waals surface area contributed by atoms with Crippen LogP contribution in [0.1, 0.15) is 11.3 Å². The zero-order chi connectivity index (χ0) is 15.1. The molecule has 0 radical (unpaired) electrons. The first-order valence-corrected chi connectivity index (χ1v) is 8.29. The molecular formula is C15H25N3O2S. The molecule has 2 rings (SSSR count). The van der Waals surface area contributed by atoms with Gasteiger partial charge >= 0.3 is 6.03 Å². The Kier molecular flexibility index (Phi) is 6.48. The Balaban J connectivity index is 1.66. The standard InChI is InChI=1S/C15H25N3O2S/c1-17(15(19)16-10-14-4-3-9-21-14)11-13-5-6-18(12-13)7-8-20-2/h3-4,9,13H,5-8,10-12H2,1-2H3,(H,16,19). The first kappa shape index (κ1) is 16.3. The van der Waals surface area contributed by atoms with Gasteiger partial charge in [-0.3, -0.25) is 0 Å². The van der Waals surface area contributed by atoms with Crippen LogP contribution in [0.2, 0.25) is 0 Å². The molecule has 6 heteroatoms. The van der Waals surface area contributed by atoms with Gasteiger partial charge in [0.1, 0.15) is 0 Å². The monoisotopic (exact) mass is 311 g/mol. The summed E-state index contributed by atoms with van der Waals surface area (Å²) in [5, 5.41) is 4.99. The van der Waals surface area contributed by atoms with Crippen LogP contribution in [0.25, 0.3) is 0 Å². The zero-order valence-corrected chi connectivity index (χ0v) is 13.7. The second kappa shape index (κ2) is 8.36. The Morgan fingerprint density at radius 2 is 2.48 bits per heavy atom. The van der Waals surface area contributed by atoms with E-state index in [0.717, 1.165) is 39.2 Å². The minimum Gasteiger partial charge on any atom is -0.383 e. The number of ether oxygens (including phenoxy) is 1. The average Bonchev–Trinajstić information content (AvgIpc) is 3.14. The number of nitrogens with zero attached hydrogens (tertiary/aromatic N) is 2. The summed E-state index contributed by atoms with van der Waals surface area (Å²) >= 11 is 1.67.